The Morgan fingerprint density at radius 1 is 0.396 bits per heavy atom. The zero-order valence-corrected chi connectivity index (χ0v) is 26.2. The zero-order valence-electron chi connectivity index (χ0n) is 26.2. The van der Waals surface area contributed by atoms with Crippen LogP contribution in [0.5, 0.6) is 0 Å². The van der Waals surface area contributed by atoms with E-state index in [0.29, 0.717) is 17.5 Å². The quantitative estimate of drug-likeness (QED) is 0.192. The van der Waals surface area contributed by atoms with Gasteiger partial charge in [0, 0.05) is 16.7 Å². The molecule has 9 heteroatoms. The minimum absolute atomic E-state index is 0.0601. The fourth-order valence-electron chi connectivity index (χ4n) is 6.84. The maximum Gasteiger partial charge on any atom is 0.381 e. The number of allylic oxidation sites excluding steroid dienone is 6. The summed E-state index contributed by atoms with van der Waals surface area (Å²) in [6, 6.07) is 39.4. The molecule has 1 aromatic heterocycles. The molecule has 0 bridgehead atoms. The molecule has 0 spiro atoms. The Morgan fingerprint density at radius 2 is 0.896 bits per heavy atom. The highest BCUT2D eigenvalue weighted by Gasteiger charge is 2.50. The Labute approximate surface area is 281 Å². The molecule has 1 fully saturated rings. The van der Waals surface area contributed by atoms with Crippen LogP contribution in [0, 0.1) is 0 Å². The average molecular weight is 614 g/mol. The molecule has 0 aliphatic carbocycles. The monoisotopic (exact) mass is 614 g/mol. The second-order valence-electron chi connectivity index (χ2n) is 12.2. The van der Waals surface area contributed by atoms with Gasteiger partial charge in [-0.15, -0.1) is 0 Å². The first-order valence-electron chi connectivity index (χ1n) is 16.3. The molecule has 224 valence electrons. The smallest absolute Gasteiger partial charge is 0.381 e. The van der Waals surface area contributed by atoms with Crippen LogP contribution in [0.15, 0.2) is 176 Å². The molecule has 1 saturated heterocycles. The first-order chi connectivity index (χ1) is 23.8. The van der Waals surface area contributed by atoms with Crippen molar-refractivity contribution >= 4 is 32.1 Å². The molecule has 4 aliphatic rings. The van der Waals surface area contributed by atoms with E-state index in [1.54, 1.807) is 0 Å². The van der Waals surface area contributed by atoms with Crippen LogP contribution in [0.2, 0.25) is 0 Å². The maximum absolute atomic E-state index is 4.92. The fraction of sp³-hybridized carbons (Fsp3) is 0. The van der Waals surface area contributed by atoms with Crippen LogP contribution in [0.1, 0.15) is 11.1 Å². The summed E-state index contributed by atoms with van der Waals surface area (Å²) in [5.41, 5.74) is 7.61. The predicted octanol–water partition coefficient (Wildman–Crippen LogP) is 7.48. The lowest BCUT2D eigenvalue weighted by atomic mass is 9.41. The summed E-state index contributed by atoms with van der Waals surface area (Å²) >= 11 is 0. The summed E-state index contributed by atoms with van der Waals surface area (Å²) in [5, 5.41) is 0. The van der Waals surface area contributed by atoms with Crippen molar-refractivity contribution in [2.75, 3.05) is 0 Å². The van der Waals surface area contributed by atoms with Crippen LogP contribution in [0.3, 0.4) is 0 Å². The summed E-state index contributed by atoms with van der Waals surface area (Å²) in [4.78, 5) is 14.7. The predicted molar refractivity (Wildman–Crippen MR) is 198 cm³/mol. The van der Waals surface area contributed by atoms with Gasteiger partial charge in [-0.1, -0.05) is 145 Å². The largest absolute Gasteiger partial charge is 0.423 e. The van der Waals surface area contributed by atoms with E-state index in [9.17, 15) is 0 Å². The van der Waals surface area contributed by atoms with Crippen molar-refractivity contribution in [2.45, 2.75) is 0 Å². The SMILES string of the molecule is C1=CB2N(C=C1)B1C=CC(c3ccc(-c4nc(-c5ccccc5)nc(-c5ccccc5)n4)cc3)=CN1B1C=C(c3ccccc3)C=CN21. The topological polar surface area (TPSA) is 48.4 Å². The fourth-order valence-corrected chi connectivity index (χ4v) is 6.84. The molecule has 0 saturated carbocycles. The molecule has 4 aromatic carbocycles. The normalized spacial score (nSPS) is 16.0. The van der Waals surface area contributed by atoms with E-state index in [1.807, 2.05) is 60.7 Å². The molecular weight excluding hydrogens is 585 g/mol. The van der Waals surface area contributed by atoms with E-state index in [2.05, 4.69) is 130 Å². The average Bonchev–Trinajstić information content (AvgIpc) is 3.18. The highest BCUT2D eigenvalue weighted by Crippen LogP contribution is 2.34. The summed E-state index contributed by atoms with van der Waals surface area (Å²) in [5.74, 6) is 8.94. The number of rotatable bonds is 5. The number of aromatic nitrogens is 3. The number of nitrogens with zero attached hydrogens (tertiary/aromatic N) is 6. The van der Waals surface area contributed by atoms with Crippen LogP contribution in [-0.2, 0) is 0 Å². The Bertz CT molecular complexity index is 2100. The first-order valence-corrected chi connectivity index (χ1v) is 16.3. The van der Waals surface area contributed by atoms with Gasteiger partial charge in [0.15, 0.2) is 17.5 Å². The van der Waals surface area contributed by atoms with Gasteiger partial charge in [-0.2, -0.15) is 0 Å². The summed E-state index contributed by atoms with van der Waals surface area (Å²) < 4.78 is 7.29. The standard InChI is InChI=1S/C39H29B3N6/c1-4-12-30(13-5-1)35-23-27-47-40-24-10-11-26-46(40)41-25-22-36(29-48(41)42(47)28-35)31-18-20-34(21-19-31)39-44-37(32-14-6-2-7-15-32)43-38(45-39)33-16-8-3-9-17-33/h1-29H. The van der Waals surface area contributed by atoms with Gasteiger partial charge in [0.1, 0.15) is 0 Å². The number of fused-ring (bicyclic) bond motifs is 6. The van der Waals surface area contributed by atoms with Gasteiger partial charge in [0.25, 0.3) is 0 Å². The van der Waals surface area contributed by atoms with Gasteiger partial charge in [-0.05, 0) is 53.0 Å². The summed E-state index contributed by atoms with van der Waals surface area (Å²) in [6.07, 6.45) is 15.5. The third-order valence-corrected chi connectivity index (χ3v) is 9.26. The lowest BCUT2D eigenvalue weighted by Gasteiger charge is -2.53. The van der Waals surface area contributed by atoms with Gasteiger partial charge < -0.3 is 14.2 Å². The molecule has 0 N–H and O–H groups in total. The third kappa shape index (κ3) is 5.10. The highest BCUT2D eigenvalue weighted by molar-refractivity contribution is 6.92. The molecule has 4 aliphatic heterocycles. The lowest BCUT2D eigenvalue weighted by molar-refractivity contribution is 0.623. The minimum Gasteiger partial charge on any atom is -0.423 e. The second-order valence-corrected chi connectivity index (χ2v) is 12.2. The molecule has 0 amide bonds. The summed E-state index contributed by atoms with van der Waals surface area (Å²) in [7, 11) is 0. The van der Waals surface area contributed by atoms with E-state index in [0.717, 1.165) is 27.8 Å². The van der Waals surface area contributed by atoms with Crippen LogP contribution in [0.4, 0.5) is 0 Å². The lowest BCUT2D eigenvalue weighted by Crippen LogP contribution is -2.73. The molecule has 9 rings (SSSR count). The van der Waals surface area contributed by atoms with Crippen molar-refractivity contribution in [2.24, 2.45) is 0 Å². The van der Waals surface area contributed by atoms with E-state index < -0.39 is 0 Å². The molecule has 0 unspecified atom stereocenters. The number of hydrogen-bond acceptors (Lipinski definition) is 6. The Kier molecular flexibility index (Phi) is 7.01. The second kappa shape index (κ2) is 11.9. The Morgan fingerprint density at radius 3 is 1.52 bits per heavy atom. The molecular formula is C39H29B3N6. The first kappa shape index (κ1) is 28.2. The highest BCUT2D eigenvalue weighted by atomic mass is 15.3. The molecule has 48 heavy (non-hydrogen) atoms. The van der Waals surface area contributed by atoms with Crippen molar-refractivity contribution in [3.8, 4) is 34.2 Å². The van der Waals surface area contributed by atoms with Crippen molar-refractivity contribution in [1.29, 1.82) is 0 Å². The van der Waals surface area contributed by atoms with Crippen molar-refractivity contribution in [3.05, 3.63) is 187 Å². The van der Waals surface area contributed by atoms with Crippen molar-refractivity contribution in [1.82, 2.24) is 29.1 Å². The third-order valence-electron chi connectivity index (χ3n) is 9.26. The Hall–Kier alpha value is -6.08. The summed E-state index contributed by atoms with van der Waals surface area (Å²) in [6.45, 7) is 0.301. The van der Waals surface area contributed by atoms with Crippen LogP contribution < -0.4 is 0 Å². The van der Waals surface area contributed by atoms with E-state index in [1.165, 1.54) is 11.1 Å². The van der Waals surface area contributed by atoms with E-state index in [4.69, 9.17) is 15.0 Å². The molecule has 5 heterocycles. The van der Waals surface area contributed by atoms with E-state index >= 15 is 0 Å². The van der Waals surface area contributed by atoms with Crippen LogP contribution >= 0.6 is 0 Å². The van der Waals surface area contributed by atoms with Crippen molar-refractivity contribution < 1.29 is 0 Å². The number of benzene rings is 4. The van der Waals surface area contributed by atoms with Crippen LogP contribution in [-0.4, -0.2) is 50.1 Å². The van der Waals surface area contributed by atoms with Gasteiger partial charge in [-0.3, -0.25) is 0 Å². The van der Waals surface area contributed by atoms with Crippen LogP contribution in [0.25, 0.3) is 45.3 Å². The zero-order chi connectivity index (χ0) is 31.9. The van der Waals surface area contributed by atoms with Gasteiger partial charge in [0.2, 0.25) is 0 Å². The molecule has 6 nitrogen and oxygen atoms in total. The molecule has 5 aromatic rings. The Balaban J connectivity index is 1.06. The molecule has 0 atom stereocenters. The van der Waals surface area contributed by atoms with Gasteiger partial charge >= 0.3 is 20.9 Å². The number of hydrogen-bond donors (Lipinski definition) is 0. The maximum atomic E-state index is 4.92. The van der Waals surface area contributed by atoms with Crippen molar-refractivity contribution in [3.63, 3.8) is 0 Å². The minimum atomic E-state index is 0.0601. The molecule has 0 radical (unpaired) electrons. The van der Waals surface area contributed by atoms with Gasteiger partial charge in [-0.25, -0.2) is 15.0 Å². The van der Waals surface area contributed by atoms with E-state index in [-0.39, 0.29) is 20.9 Å². The van der Waals surface area contributed by atoms with Gasteiger partial charge in [0.05, 0.1) is 0 Å².